The van der Waals surface area contributed by atoms with Gasteiger partial charge in [-0.2, -0.15) is 0 Å². The van der Waals surface area contributed by atoms with Crippen LogP contribution in [0.3, 0.4) is 0 Å². The average molecular weight is 396 g/mol. The number of hydrogen-bond acceptors (Lipinski definition) is 5. The standard InChI is InChI=1S/C23H28N2O4/c26-23-19-12-14-21(29-15-16-7-3-1-4-8-16)22(25(27)28)18(19)11-13-20(23)24-17-9-5-2-6-10-17/h1,3-4,7-8,12,14,17,20,23-24,26H,2,5-6,9-11,13,15H2. The van der Waals surface area contributed by atoms with Crippen molar-refractivity contribution in [2.75, 3.05) is 0 Å². The third-order valence-electron chi connectivity index (χ3n) is 6.16. The summed E-state index contributed by atoms with van der Waals surface area (Å²) in [6, 6.07) is 13.4. The Balaban J connectivity index is 1.54. The Kier molecular flexibility index (Phi) is 6.11. The highest BCUT2D eigenvalue weighted by atomic mass is 16.6. The first-order chi connectivity index (χ1) is 14.1. The van der Waals surface area contributed by atoms with Gasteiger partial charge in [0.05, 0.1) is 11.0 Å². The number of nitrogens with one attached hydrogen (secondary N) is 1. The molecule has 2 aliphatic rings. The number of hydrogen-bond donors (Lipinski definition) is 2. The number of aliphatic hydroxyl groups excluding tert-OH is 1. The van der Waals surface area contributed by atoms with Crippen molar-refractivity contribution in [3.63, 3.8) is 0 Å². The molecule has 29 heavy (non-hydrogen) atoms. The van der Waals surface area contributed by atoms with Gasteiger partial charge in [-0.25, -0.2) is 0 Å². The average Bonchev–Trinajstić information content (AvgIpc) is 2.75. The van der Waals surface area contributed by atoms with E-state index in [9.17, 15) is 15.2 Å². The predicted molar refractivity (Wildman–Crippen MR) is 111 cm³/mol. The fourth-order valence-electron chi connectivity index (χ4n) is 4.64. The fraction of sp³-hybridized carbons (Fsp3) is 0.478. The van der Waals surface area contributed by atoms with Crippen molar-refractivity contribution in [2.24, 2.45) is 0 Å². The number of fused-ring (bicyclic) bond motifs is 1. The number of aliphatic hydroxyl groups is 1. The van der Waals surface area contributed by atoms with Gasteiger partial charge >= 0.3 is 5.69 Å². The van der Waals surface area contributed by atoms with Crippen molar-refractivity contribution in [3.8, 4) is 5.75 Å². The molecule has 2 unspecified atom stereocenters. The predicted octanol–water partition coefficient (Wildman–Crippen LogP) is 4.44. The van der Waals surface area contributed by atoms with Crippen molar-refractivity contribution in [1.29, 1.82) is 0 Å². The van der Waals surface area contributed by atoms with E-state index in [-0.39, 0.29) is 29.0 Å². The highest BCUT2D eigenvalue weighted by Gasteiger charge is 2.35. The van der Waals surface area contributed by atoms with E-state index in [0.29, 0.717) is 30.0 Å². The Morgan fingerprint density at radius 1 is 1.07 bits per heavy atom. The van der Waals surface area contributed by atoms with E-state index in [1.54, 1.807) is 12.1 Å². The summed E-state index contributed by atoms with van der Waals surface area (Å²) < 4.78 is 5.80. The normalized spacial score (nSPS) is 22.1. The minimum absolute atomic E-state index is 0.00593. The Labute approximate surface area is 171 Å². The molecule has 1 saturated carbocycles. The molecule has 2 aliphatic carbocycles. The van der Waals surface area contributed by atoms with Gasteiger partial charge < -0.3 is 15.2 Å². The van der Waals surface area contributed by atoms with Crippen LogP contribution < -0.4 is 10.1 Å². The van der Waals surface area contributed by atoms with Gasteiger partial charge in [0.1, 0.15) is 6.61 Å². The number of nitrogens with zero attached hydrogens (tertiary/aromatic N) is 1. The van der Waals surface area contributed by atoms with E-state index in [1.807, 2.05) is 30.3 Å². The van der Waals surface area contributed by atoms with Crippen LogP contribution in [-0.2, 0) is 13.0 Å². The van der Waals surface area contributed by atoms with Crippen molar-refractivity contribution < 1.29 is 14.8 Å². The topological polar surface area (TPSA) is 84.6 Å². The van der Waals surface area contributed by atoms with Gasteiger partial charge in [-0.15, -0.1) is 0 Å². The molecule has 0 aromatic heterocycles. The summed E-state index contributed by atoms with van der Waals surface area (Å²) in [6.45, 7) is 0.273. The zero-order valence-corrected chi connectivity index (χ0v) is 16.5. The molecule has 0 bridgehead atoms. The van der Waals surface area contributed by atoms with Gasteiger partial charge in [0.2, 0.25) is 0 Å². The molecule has 1 fully saturated rings. The second-order valence-electron chi connectivity index (χ2n) is 8.10. The first-order valence-electron chi connectivity index (χ1n) is 10.5. The Morgan fingerprint density at radius 3 is 2.55 bits per heavy atom. The molecule has 6 nitrogen and oxygen atoms in total. The summed E-state index contributed by atoms with van der Waals surface area (Å²) in [6.07, 6.45) is 6.54. The Bertz CT molecular complexity index is 849. The molecule has 0 saturated heterocycles. The second kappa shape index (κ2) is 8.93. The monoisotopic (exact) mass is 396 g/mol. The van der Waals surface area contributed by atoms with Crippen LogP contribution in [0.4, 0.5) is 5.69 Å². The lowest BCUT2D eigenvalue weighted by molar-refractivity contribution is -0.386. The molecule has 2 aromatic carbocycles. The molecule has 0 amide bonds. The van der Waals surface area contributed by atoms with Gasteiger partial charge in [0.15, 0.2) is 5.75 Å². The van der Waals surface area contributed by atoms with Crippen LogP contribution >= 0.6 is 0 Å². The lowest BCUT2D eigenvalue weighted by Crippen LogP contribution is -2.45. The van der Waals surface area contributed by atoms with E-state index in [1.165, 1.54) is 19.3 Å². The molecule has 0 radical (unpaired) electrons. The molecular formula is C23H28N2O4. The maximum atomic E-state index is 11.8. The largest absolute Gasteiger partial charge is 0.482 e. The third kappa shape index (κ3) is 4.43. The van der Waals surface area contributed by atoms with Crippen LogP contribution in [0.1, 0.15) is 61.3 Å². The van der Waals surface area contributed by atoms with Crippen LogP contribution in [0.2, 0.25) is 0 Å². The second-order valence-corrected chi connectivity index (χ2v) is 8.10. The van der Waals surface area contributed by atoms with Crippen LogP contribution in [-0.4, -0.2) is 22.1 Å². The van der Waals surface area contributed by atoms with Gasteiger partial charge in [-0.3, -0.25) is 10.1 Å². The van der Waals surface area contributed by atoms with Crippen LogP contribution in [0.15, 0.2) is 42.5 Å². The van der Waals surface area contributed by atoms with Crippen molar-refractivity contribution in [2.45, 2.75) is 69.7 Å². The third-order valence-corrected chi connectivity index (χ3v) is 6.16. The SMILES string of the molecule is O=[N+]([O-])c1c(OCc2ccccc2)ccc2c1CCC(NC1CCCCC1)C2O. The van der Waals surface area contributed by atoms with Gasteiger partial charge in [0, 0.05) is 17.6 Å². The minimum atomic E-state index is -0.734. The molecule has 4 rings (SSSR count). The van der Waals surface area contributed by atoms with Gasteiger partial charge in [-0.05, 0) is 42.9 Å². The summed E-state index contributed by atoms with van der Waals surface area (Å²) in [5.74, 6) is 0.267. The fourth-order valence-corrected chi connectivity index (χ4v) is 4.64. The maximum Gasteiger partial charge on any atom is 0.314 e. The van der Waals surface area contributed by atoms with E-state index >= 15 is 0 Å². The Hall–Kier alpha value is -2.44. The first kappa shape index (κ1) is 19.9. The van der Waals surface area contributed by atoms with Crippen LogP contribution in [0, 0.1) is 10.1 Å². The van der Waals surface area contributed by atoms with Crippen molar-refractivity contribution in [1.82, 2.24) is 5.32 Å². The number of rotatable bonds is 6. The minimum Gasteiger partial charge on any atom is -0.482 e. The quantitative estimate of drug-likeness (QED) is 0.557. The first-order valence-corrected chi connectivity index (χ1v) is 10.5. The molecule has 0 spiro atoms. The summed E-state index contributed by atoms with van der Waals surface area (Å²) in [7, 11) is 0. The molecule has 6 heteroatoms. The maximum absolute atomic E-state index is 11.8. The number of benzene rings is 2. The summed E-state index contributed by atoms with van der Waals surface area (Å²) >= 11 is 0. The molecule has 2 atom stereocenters. The smallest absolute Gasteiger partial charge is 0.314 e. The Morgan fingerprint density at radius 2 is 1.83 bits per heavy atom. The van der Waals surface area contributed by atoms with Gasteiger partial charge in [-0.1, -0.05) is 55.7 Å². The van der Waals surface area contributed by atoms with Gasteiger partial charge in [0.25, 0.3) is 0 Å². The lowest BCUT2D eigenvalue weighted by atomic mass is 9.83. The van der Waals surface area contributed by atoms with E-state index in [2.05, 4.69) is 5.32 Å². The van der Waals surface area contributed by atoms with Crippen LogP contribution in [0.25, 0.3) is 0 Å². The molecular weight excluding hydrogens is 368 g/mol. The number of nitro benzene ring substituents is 1. The molecule has 154 valence electrons. The number of ether oxygens (including phenoxy) is 1. The highest BCUT2D eigenvalue weighted by molar-refractivity contribution is 5.58. The van der Waals surface area contributed by atoms with Crippen LogP contribution in [0.5, 0.6) is 5.75 Å². The van der Waals surface area contributed by atoms with Crippen molar-refractivity contribution >= 4 is 5.69 Å². The lowest BCUT2D eigenvalue weighted by Gasteiger charge is -2.35. The van der Waals surface area contributed by atoms with E-state index in [0.717, 1.165) is 18.4 Å². The molecule has 0 aliphatic heterocycles. The van der Waals surface area contributed by atoms with E-state index in [4.69, 9.17) is 4.74 Å². The highest BCUT2D eigenvalue weighted by Crippen LogP contribution is 2.41. The van der Waals surface area contributed by atoms with Crippen molar-refractivity contribution in [3.05, 3.63) is 69.3 Å². The molecule has 2 aromatic rings. The zero-order valence-electron chi connectivity index (χ0n) is 16.5. The number of nitro groups is 1. The zero-order chi connectivity index (χ0) is 20.2. The summed E-state index contributed by atoms with van der Waals surface area (Å²) in [4.78, 5) is 11.5. The van der Waals surface area contributed by atoms with E-state index < -0.39 is 6.10 Å². The molecule has 0 heterocycles. The summed E-state index contributed by atoms with van der Waals surface area (Å²) in [5.41, 5.74) is 2.21. The molecule has 2 N–H and O–H groups in total. The summed E-state index contributed by atoms with van der Waals surface area (Å²) in [5, 5.41) is 26.4.